The predicted molar refractivity (Wildman–Crippen MR) is 130 cm³/mol. The van der Waals surface area contributed by atoms with Crippen molar-refractivity contribution in [3.63, 3.8) is 0 Å². The monoisotopic (exact) mass is 581 g/mol. The molecule has 0 fully saturated rings. The number of sulfone groups is 1. The number of benzene rings is 2. The minimum atomic E-state index is -5.08. The van der Waals surface area contributed by atoms with Crippen LogP contribution in [0.5, 0.6) is 0 Å². The van der Waals surface area contributed by atoms with Gasteiger partial charge in [0.25, 0.3) is 0 Å². The number of sulfonamides is 1. The van der Waals surface area contributed by atoms with Crippen LogP contribution in [-0.4, -0.2) is 57.4 Å². The van der Waals surface area contributed by atoms with E-state index >= 15 is 0 Å². The third-order valence-electron chi connectivity index (χ3n) is 4.22. The summed E-state index contributed by atoms with van der Waals surface area (Å²) < 4.78 is 82.5. The van der Waals surface area contributed by atoms with Gasteiger partial charge in [0, 0.05) is 23.0 Å². The third kappa shape index (κ3) is 8.85. The molecular formula is C20H19ClF3N5O6S2. The number of carboxylic acids is 1. The Morgan fingerprint density at radius 1 is 0.946 bits per heavy atom. The standard InChI is InChI=1S/C18H18ClN5O4S2.C2HF3O2/c1-20-30(27,28)14-7-8-16(29(2,25)26)15(9-14)24-18-10-17(21-11-22-18)23-13-5-3-12(19)4-6-13;3-2(4,5)1(6)7/h3-11,20H,1-2H3,(H2,21,22,23,24);(H,6,7). The number of aliphatic carboxylic acids is 1. The lowest BCUT2D eigenvalue weighted by atomic mass is 10.3. The maximum absolute atomic E-state index is 12.1. The fourth-order valence-electron chi connectivity index (χ4n) is 2.53. The minimum Gasteiger partial charge on any atom is -0.475 e. The number of aromatic nitrogens is 2. The molecule has 1 heterocycles. The summed E-state index contributed by atoms with van der Waals surface area (Å²) in [6.07, 6.45) is -2.76. The van der Waals surface area contributed by atoms with E-state index in [2.05, 4.69) is 25.3 Å². The zero-order chi connectivity index (χ0) is 28.0. The summed E-state index contributed by atoms with van der Waals surface area (Å²) in [4.78, 5) is 16.9. The van der Waals surface area contributed by atoms with Crippen molar-refractivity contribution in [1.29, 1.82) is 0 Å². The largest absolute Gasteiger partial charge is 0.490 e. The Morgan fingerprint density at radius 3 is 1.97 bits per heavy atom. The zero-order valence-electron chi connectivity index (χ0n) is 18.9. The fourth-order valence-corrected chi connectivity index (χ4v) is 4.23. The van der Waals surface area contributed by atoms with Crippen molar-refractivity contribution >= 4 is 60.4 Å². The SMILES string of the molecule is CNS(=O)(=O)c1ccc(S(C)(=O)=O)c(Nc2cc(Nc3ccc(Cl)cc3)ncn2)c1.O=C(O)C(F)(F)F. The second-order valence-corrected chi connectivity index (χ2v) is 11.3. The number of nitrogens with one attached hydrogen (secondary N) is 3. The molecule has 0 aliphatic carbocycles. The van der Waals surface area contributed by atoms with Crippen LogP contribution in [0.15, 0.2) is 64.6 Å². The summed E-state index contributed by atoms with van der Waals surface area (Å²) in [5, 5.41) is 13.7. The molecule has 0 saturated carbocycles. The van der Waals surface area contributed by atoms with Gasteiger partial charge < -0.3 is 15.7 Å². The second kappa shape index (κ2) is 11.7. The Balaban J connectivity index is 0.000000604. The van der Waals surface area contributed by atoms with Crippen LogP contribution in [0, 0.1) is 0 Å². The van der Waals surface area contributed by atoms with Crippen molar-refractivity contribution in [3.8, 4) is 0 Å². The maximum Gasteiger partial charge on any atom is 0.490 e. The molecule has 200 valence electrons. The number of rotatable bonds is 7. The van der Waals surface area contributed by atoms with E-state index in [1.807, 2.05) is 0 Å². The highest BCUT2D eigenvalue weighted by Gasteiger charge is 2.38. The number of hydrogen-bond donors (Lipinski definition) is 4. The summed E-state index contributed by atoms with van der Waals surface area (Å²) in [5.41, 5.74) is 0.813. The summed E-state index contributed by atoms with van der Waals surface area (Å²) in [6, 6.07) is 12.2. The highest BCUT2D eigenvalue weighted by Crippen LogP contribution is 2.28. The number of nitrogens with zero attached hydrogens (tertiary/aromatic N) is 2. The molecule has 11 nitrogen and oxygen atoms in total. The molecule has 3 rings (SSSR count). The van der Waals surface area contributed by atoms with Crippen molar-refractivity contribution in [2.45, 2.75) is 16.0 Å². The van der Waals surface area contributed by atoms with Crippen molar-refractivity contribution in [2.24, 2.45) is 0 Å². The average Bonchev–Trinajstić information content (AvgIpc) is 2.80. The first-order valence-corrected chi connectivity index (χ1v) is 13.5. The van der Waals surface area contributed by atoms with Gasteiger partial charge in [-0.05, 0) is 49.5 Å². The number of hydrogen-bond acceptors (Lipinski definition) is 9. The van der Waals surface area contributed by atoms with Gasteiger partial charge in [0.1, 0.15) is 18.0 Å². The van der Waals surface area contributed by atoms with E-state index < -0.39 is 32.0 Å². The van der Waals surface area contributed by atoms with E-state index in [1.54, 1.807) is 30.3 Å². The van der Waals surface area contributed by atoms with Crippen molar-refractivity contribution < 1.29 is 39.9 Å². The molecule has 4 N–H and O–H groups in total. The lowest BCUT2D eigenvalue weighted by molar-refractivity contribution is -0.192. The average molecular weight is 582 g/mol. The molecule has 3 aromatic rings. The lowest BCUT2D eigenvalue weighted by Crippen LogP contribution is -2.21. The topological polar surface area (TPSA) is 167 Å². The Bertz CT molecular complexity index is 1490. The molecule has 0 aliphatic heterocycles. The molecule has 0 saturated heterocycles. The van der Waals surface area contributed by atoms with Gasteiger partial charge in [-0.25, -0.2) is 36.3 Å². The van der Waals surface area contributed by atoms with E-state index in [9.17, 15) is 30.0 Å². The molecule has 0 spiro atoms. The van der Waals surface area contributed by atoms with Gasteiger partial charge in [-0.1, -0.05) is 11.6 Å². The Labute approximate surface area is 214 Å². The maximum atomic E-state index is 12.1. The molecule has 2 aromatic carbocycles. The minimum absolute atomic E-state index is 0.0663. The van der Waals surface area contributed by atoms with Gasteiger partial charge in [0.2, 0.25) is 10.0 Å². The zero-order valence-corrected chi connectivity index (χ0v) is 21.3. The van der Waals surface area contributed by atoms with Gasteiger partial charge in [-0.2, -0.15) is 13.2 Å². The molecule has 1 aromatic heterocycles. The lowest BCUT2D eigenvalue weighted by Gasteiger charge is -2.13. The fraction of sp³-hybridized carbons (Fsp3) is 0.150. The summed E-state index contributed by atoms with van der Waals surface area (Å²) >= 11 is 5.88. The Kier molecular flexibility index (Phi) is 9.43. The Hall–Kier alpha value is -3.47. The second-order valence-electron chi connectivity index (χ2n) is 6.99. The number of carboxylic acid groups (broad SMARTS) is 1. The summed E-state index contributed by atoms with van der Waals surface area (Å²) in [5.74, 6) is -2.05. The first kappa shape index (κ1) is 29.8. The quantitative estimate of drug-likeness (QED) is 0.324. The molecule has 0 atom stereocenters. The van der Waals surface area contributed by atoms with Crippen LogP contribution in [0.25, 0.3) is 0 Å². The van der Waals surface area contributed by atoms with Crippen LogP contribution in [0.4, 0.5) is 36.2 Å². The smallest absolute Gasteiger partial charge is 0.475 e. The first-order valence-electron chi connectivity index (χ1n) is 9.72. The van der Waals surface area contributed by atoms with Crippen molar-refractivity contribution in [1.82, 2.24) is 14.7 Å². The molecule has 0 amide bonds. The van der Waals surface area contributed by atoms with Crippen LogP contribution in [0.1, 0.15) is 0 Å². The van der Waals surface area contributed by atoms with E-state index in [0.29, 0.717) is 10.8 Å². The molecule has 0 bridgehead atoms. The molecular weight excluding hydrogens is 563 g/mol. The van der Waals surface area contributed by atoms with Gasteiger partial charge in [-0.15, -0.1) is 0 Å². The molecule has 0 aliphatic rings. The third-order valence-corrected chi connectivity index (χ3v) is 7.04. The summed E-state index contributed by atoms with van der Waals surface area (Å²) in [6.45, 7) is 0. The van der Waals surface area contributed by atoms with E-state index in [1.165, 1.54) is 31.6 Å². The van der Waals surface area contributed by atoms with Gasteiger partial charge in [0.05, 0.1) is 15.5 Å². The number of halogens is 4. The first-order chi connectivity index (χ1) is 17.0. The van der Waals surface area contributed by atoms with Crippen LogP contribution >= 0.6 is 11.6 Å². The van der Waals surface area contributed by atoms with E-state index in [-0.39, 0.29) is 21.3 Å². The van der Waals surface area contributed by atoms with E-state index in [0.717, 1.165) is 11.9 Å². The highest BCUT2D eigenvalue weighted by atomic mass is 35.5. The summed E-state index contributed by atoms with van der Waals surface area (Å²) in [7, 11) is -6.13. The van der Waals surface area contributed by atoms with Crippen LogP contribution in [0.2, 0.25) is 5.02 Å². The van der Waals surface area contributed by atoms with Gasteiger partial charge >= 0.3 is 12.1 Å². The molecule has 37 heavy (non-hydrogen) atoms. The van der Waals surface area contributed by atoms with Gasteiger partial charge in [0.15, 0.2) is 9.84 Å². The van der Waals surface area contributed by atoms with Gasteiger partial charge in [-0.3, -0.25) is 0 Å². The van der Waals surface area contributed by atoms with Crippen molar-refractivity contribution in [3.05, 3.63) is 59.9 Å². The molecule has 0 radical (unpaired) electrons. The predicted octanol–water partition coefficient (Wildman–Crippen LogP) is 3.56. The normalized spacial score (nSPS) is 11.7. The Morgan fingerprint density at radius 2 is 1.49 bits per heavy atom. The number of carbonyl (C=O) groups is 1. The van der Waals surface area contributed by atoms with E-state index in [4.69, 9.17) is 21.5 Å². The number of anilines is 4. The van der Waals surface area contributed by atoms with Crippen LogP contribution in [0.3, 0.4) is 0 Å². The van der Waals surface area contributed by atoms with Crippen LogP contribution in [-0.2, 0) is 24.7 Å². The molecule has 17 heteroatoms. The van der Waals surface area contributed by atoms with Crippen LogP contribution < -0.4 is 15.4 Å². The highest BCUT2D eigenvalue weighted by molar-refractivity contribution is 7.91. The number of alkyl halides is 3. The van der Waals surface area contributed by atoms with Crippen molar-refractivity contribution in [2.75, 3.05) is 23.9 Å². The molecule has 0 unspecified atom stereocenters.